The smallest absolute Gasteiger partial charge is 0.507 e. The summed E-state index contributed by atoms with van der Waals surface area (Å²) in [7, 11) is -9.89. The number of halogens is 3. The number of para-hydroxylation sites is 2. The molecule has 23 heteroatoms. The van der Waals surface area contributed by atoms with Crippen molar-refractivity contribution in [2.45, 2.75) is 13.8 Å². The number of pyridine rings is 4. The Hall–Kier alpha value is -6.20. The van der Waals surface area contributed by atoms with Gasteiger partial charge >= 0.3 is 17.1 Å². The number of benzene rings is 2. The number of nitrogens with one attached hydrogen (secondary N) is 2. The number of carbonyl (C=O) groups is 1. The molecule has 0 radical (unpaired) electrons. The van der Waals surface area contributed by atoms with Gasteiger partial charge in [-0.25, -0.2) is 47.2 Å². The molecule has 2 aromatic carbocycles. The molecule has 332 valence electrons. The van der Waals surface area contributed by atoms with Crippen LogP contribution in [0.5, 0.6) is 11.5 Å². The Morgan fingerprint density at radius 3 is 1.17 bits per heavy atom. The van der Waals surface area contributed by atoms with Crippen molar-refractivity contribution in [3.05, 3.63) is 145 Å². The van der Waals surface area contributed by atoms with Gasteiger partial charge in [-0.1, -0.05) is 54.1 Å². The fourth-order valence-corrected chi connectivity index (χ4v) is 5.30. The Balaban J connectivity index is 0.000000273. The first-order valence-corrected chi connectivity index (χ1v) is 20.5. The maximum absolute atomic E-state index is 10.1. The monoisotopic (exact) mass is 974 g/mol. The molecule has 0 aliphatic carbocycles. The molecule has 0 amide bonds. The van der Waals surface area contributed by atoms with Crippen LogP contribution in [-0.2, 0) is 21.9 Å². The number of ketones is 1. The molecular formula is C41H33Cl3FeN8O11. The molecule has 0 saturated heterocycles. The molecular weight excluding hydrogens is 943 g/mol. The van der Waals surface area contributed by atoms with E-state index in [0.29, 0.717) is 50.3 Å². The molecule has 0 atom stereocenters. The maximum atomic E-state index is 10.1. The molecule has 6 heterocycles. The van der Waals surface area contributed by atoms with E-state index in [1.807, 2.05) is 91.0 Å². The van der Waals surface area contributed by atoms with Gasteiger partial charge in [0.2, 0.25) is 0 Å². The average molecular weight is 976 g/mol. The van der Waals surface area contributed by atoms with Gasteiger partial charge in [0.05, 0.1) is 45.6 Å². The zero-order chi connectivity index (χ0) is 46.2. The van der Waals surface area contributed by atoms with Gasteiger partial charge in [-0.15, -0.1) is 20.5 Å². The van der Waals surface area contributed by atoms with Crippen LogP contribution in [-0.4, -0.2) is 56.3 Å². The number of phenolic OH excluding ortho intramolecular Hbond substituents is 2. The first-order valence-electron chi connectivity index (χ1n) is 17.6. The quantitative estimate of drug-likeness (QED) is 0.153. The summed E-state index contributed by atoms with van der Waals surface area (Å²) >= 11 is 6.15. The molecule has 0 bridgehead atoms. The number of hydrogen-bond donors (Lipinski definition) is 4. The summed E-state index contributed by atoms with van der Waals surface area (Å²) in [5.74, 6) is 0.533. The zero-order valence-electron chi connectivity index (χ0n) is 33.0. The van der Waals surface area contributed by atoms with E-state index in [-0.39, 0.29) is 34.4 Å². The van der Waals surface area contributed by atoms with Crippen LogP contribution in [0.2, 0.25) is 5.02 Å². The molecule has 0 spiro atoms. The van der Waals surface area contributed by atoms with Crippen LogP contribution in [0.25, 0.3) is 68.1 Å². The standard InChI is InChI=1S/C23H17N5O2.C15H10ClN3.C3H6O.2ClHO4.Fe/c29-22-10-3-1-6-14(22)18-12-20(27-25-18)16-8-5-9-17(24-16)21-13-19(26-28-21)15-7-2-4-11-23(15)30;16-11-9-14(12-5-1-3-7-17-12)19-15(10-11)13-6-2-4-8-18-13;1-3(2)4;2*2-1(3,4)5;/h1-13,29-30H,(H,25,27)(H,26,28);1-10H;1-2H3;2*(H,2,3,4,5);/q;;;;;+2/p-2. The van der Waals surface area contributed by atoms with E-state index in [0.717, 1.165) is 22.8 Å². The minimum Gasteiger partial charge on any atom is -0.507 e. The summed E-state index contributed by atoms with van der Waals surface area (Å²) < 4.78 is 67.9. The van der Waals surface area contributed by atoms with Crippen molar-refractivity contribution in [2.24, 2.45) is 0 Å². The summed E-state index contributed by atoms with van der Waals surface area (Å²) in [6.07, 6.45) is 3.47. The summed E-state index contributed by atoms with van der Waals surface area (Å²) in [5, 5.41) is 35.3. The average Bonchev–Trinajstić information content (AvgIpc) is 3.92. The predicted molar refractivity (Wildman–Crippen MR) is 206 cm³/mol. The maximum Gasteiger partial charge on any atom is 2.00 e. The molecule has 8 aromatic rings. The normalized spacial score (nSPS) is 10.5. The van der Waals surface area contributed by atoms with Crippen LogP contribution >= 0.6 is 11.6 Å². The van der Waals surface area contributed by atoms with Crippen molar-refractivity contribution in [2.75, 3.05) is 0 Å². The van der Waals surface area contributed by atoms with Gasteiger partial charge in [-0.3, -0.25) is 20.2 Å². The Morgan fingerprint density at radius 1 is 0.500 bits per heavy atom. The molecule has 6 aromatic heterocycles. The number of H-pyrrole nitrogens is 2. The molecule has 0 unspecified atom stereocenters. The van der Waals surface area contributed by atoms with Crippen LogP contribution in [0, 0.1) is 20.5 Å². The molecule has 0 fully saturated rings. The van der Waals surface area contributed by atoms with Crippen LogP contribution < -0.4 is 37.3 Å². The van der Waals surface area contributed by atoms with Crippen LogP contribution in [0.3, 0.4) is 0 Å². The topological polar surface area (TPSA) is 351 Å². The van der Waals surface area contributed by atoms with Crippen LogP contribution in [0.15, 0.2) is 140 Å². The molecule has 19 nitrogen and oxygen atoms in total. The SMILES string of the molecule is CC(C)=O.Clc1cc(-c2ccccn2)nc(-c2ccccn2)c1.Oc1ccccc1-c1cc(-c2cccc(-c3cc(-c4ccccc4O)[nH]n3)n2)n[nH]1.[Fe+2].[O-][Cl+3]([O-])([O-])[O-].[O-][Cl+3]([O-])([O-])[O-]. The number of aromatic nitrogens is 8. The van der Waals surface area contributed by atoms with Crippen molar-refractivity contribution in [1.82, 2.24) is 40.3 Å². The number of aromatic hydroxyl groups is 2. The van der Waals surface area contributed by atoms with Crippen LogP contribution in [0.1, 0.15) is 13.8 Å². The number of hydrogen-bond acceptors (Lipinski definition) is 17. The van der Waals surface area contributed by atoms with Gasteiger partial charge in [-0.05, 0) is 98.8 Å². The number of aromatic amines is 2. The Bertz CT molecular complexity index is 2500. The predicted octanol–water partition coefficient (Wildman–Crippen LogP) is -0.453. The fraction of sp³-hybridized carbons (Fsp3) is 0.0488. The second-order valence-electron chi connectivity index (χ2n) is 12.4. The Morgan fingerprint density at radius 2 is 0.828 bits per heavy atom. The van der Waals surface area contributed by atoms with E-state index in [1.54, 1.807) is 48.8 Å². The second-order valence-corrected chi connectivity index (χ2v) is 14.4. The van der Waals surface area contributed by atoms with E-state index >= 15 is 0 Å². The first-order chi connectivity index (χ1) is 29.7. The van der Waals surface area contributed by atoms with Gasteiger partial charge in [0.15, 0.2) is 0 Å². The largest absolute Gasteiger partial charge is 2.00 e. The third-order valence-electron chi connectivity index (χ3n) is 7.46. The van der Waals surface area contributed by atoms with Gasteiger partial charge < -0.3 is 15.0 Å². The molecule has 4 N–H and O–H groups in total. The van der Waals surface area contributed by atoms with Gasteiger partial charge in [0.25, 0.3) is 0 Å². The molecule has 0 saturated carbocycles. The van der Waals surface area contributed by atoms with Crippen molar-refractivity contribution in [1.29, 1.82) is 0 Å². The minimum atomic E-state index is -4.94. The number of Topliss-reactive ketones (excluding diaryl/α,β-unsaturated/α-hetero) is 1. The van der Waals surface area contributed by atoms with E-state index in [9.17, 15) is 15.0 Å². The van der Waals surface area contributed by atoms with E-state index in [4.69, 9.17) is 48.9 Å². The third kappa shape index (κ3) is 18.3. The van der Waals surface area contributed by atoms with Gasteiger partial charge in [-0.2, -0.15) is 10.2 Å². The number of rotatable bonds is 6. The number of phenols is 2. The van der Waals surface area contributed by atoms with Gasteiger partial charge in [0.1, 0.15) is 28.7 Å². The molecule has 64 heavy (non-hydrogen) atoms. The van der Waals surface area contributed by atoms with Crippen LogP contribution in [0.4, 0.5) is 0 Å². The summed E-state index contributed by atoms with van der Waals surface area (Å²) in [5.41, 5.74) is 8.51. The molecule has 0 aliphatic heterocycles. The van der Waals surface area contributed by atoms with Crippen molar-refractivity contribution >= 4 is 17.4 Å². The van der Waals surface area contributed by atoms with Crippen molar-refractivity contribution in [3.63, 3.8) is 0 Å². The second kappa shape index (κ2) is 24.6. The number of nitrogens with zero attached hydrogens (tertiary/aromatic N) is 6. The molecule has 8 rings (SSSR count). The van der Waals surface area contributed by atoms with Crippen molar-refractivity contribution < 1.29 is 89.8 Å². The zero-order valence-corrected chi connectivity index (χ0v) is 36.4. The van der Waals surface area contributed by atoms with Crippen molar-refractivity contribution in [3.8, 4) is 79.6 Å². The summed E-state index contributed by atoms with van der Waals surface area (Å²) in [6, 6.07) is 38.5. The Labute approximate surface area is 384 Å². The Kier molecular flexibility index (Phi) is 20.0. The van der Waals surface area contributed by atoms with Gasteiger partial charge in [0, 0.05) is 28.5 Å². The van der Waals surface area contributed by atoms with E-state index in [2.05, 4.69) is 40.3 Å². The summed E-state index contributed by atoms with van der Waals surface area (Å²) in [4.78, 5) is 27.3. The number of carbonyl (C=O) groups excluding carboxylic acids is 1. The summed E-state index contributed by atoms with van der Waals surface area (Å²) in [6.45, 7) is 3.06. The first kappa shape index (κ1) is 52.1. The van der Waals surface area contributed by atoms with E-state index < -0.39 is 20.5 Å². The third-order valence-corrected chi connectivity index (χ3v) is 7.68. The minimum absolute atomic E-state index is 0. The molecule has 0 aliphatic rings. The van der Waals surface area contributed by atoms with E-state index in [1.165, 1.54) is 13.8 Å². The fourth-order valence-electron chi connectivity index (χ4n) is 5.09.